The third-order valence-corrected chi connectivity index (χ3v) is 4.14. The Kier molecular flexibility index (Phi) is 7.04. The number of carbonyl (C=O) groups excluding carboxylic acids is 2. The van der Waals surface area contributed by atoms with E-state index in [1.807, 2.05) is 13.8 Å². The van der Waals surface area contributed by atoms with Crippen molar-refractivity contribution in [3.05, 3.63) is 58.6 Å². The quantitative estimate of drug-likeness (QED) is 0.717. The first-order valence-corrected chi connectivity index (χ1v) is 8.80. The Morgan fingerprint density at radius 3 is 2.50 bits per heavy atom. The molecule has 0 bridgehead atoms. The fourth-order valence-corrected chi connectivity index (χ4v) is 2.37. The molecule has 1 N–H and O–H groups in total. The highest BCUT2D eigenvalue weighted by Crippen LogP contribution is 2.23. The molecule has 0 aliphatic rings. The lowest BCUT2D eigenvalue weighted by Crippen LogP contribution is -2.26. The maximum Gasteiger partial charge on any atom is 0.347 e. The zero-order valence-corrected chi connectivity index (χ0v) is 15.8. The minimum absolute atomic E-state index is 0.252. The molecule has 138 valence electrons. The van der Waals surface area contributed by atoms with Crippen molar-refractivity contribution in [3.63, 3.8) is 0 Å². The second-order valence-electron chi connectivity index (χ2n) is 5.82. The molecule has 26 heavy (non-hydrogen) atoms. The second-order valence-corrected chi connectivity index (χ2v) is 6.23. The molecule has 0 heterocycles. The number of halogens is 1. The average molecular weight is 376 g/mol. The minimum atomic E-state index is -0.713. The van der Waals surface area contributed by atoms with Crippen LogP contribution >= 0.6 is 11.6 Å². The number of anilines is 1. The predicted molar refractivity (Wildman–Crippen MR) is 102 cm³/mol. The normalized spacial score (nSPS) is 11.5. The van der Waals surface area contributed by atoms with Gasteiger partial charge in [-0.1, -0.05) is 24.6 Å². The van der Waals surface area contributed by atoms with Gasteiger partial charge in [-0.15, -0.1) is 0 Å². The molecule has 0 aromatic heterocycles. The van der Waals surface area contributed by atoms with Crippen molar-refractivity contribution >= 4 is 29.2 Å². The summed E-state index contributed by atoms with van der Waals surface area (Å²) in [6, 6.07) is 11.9. The van der Waals surface area contributed by atoms with Gasteiger partial charge in [0.15, 0.2) is 6.10 Å². The zero-order chi connectivity index (χ0) is 19.1. The average Bonchev–Trinajstić information content (AvgIpc) is 2.64. The van der Waals surface area contributed by atoms with Gasteiger partial charge < -0.3 is 14.8 Å². The summed E-state index contributed by atoms with van der Waals surface area (Å²) >= 11 is 6.06. The topological polar surface area (TPSA) is 64.6 Å². The van der Waals surface area contributed by atoms with Gasteiger partial charge in [0.1, 0.15) is 5.75 Å². The summed E-state index contributed by atoms with van der Waals surface area (Å²) in [6.07, 6.45) is 0.0457. The van der Waals surface area contributed by atoms with Crippen molar-refractivity contribution in [2.24, 2.45) is 0 Å². The number of hydrogen-bond acceptors (Lipinski definition) is 4. The van der Waals surface area contributed by atoms with Crippen LogP contribution in [0.5, 0.6) is 5.75 Å². The van der Waals surface area contributed by atoms with E-state index in [0.29, 0.717) is 28.6 Å². The Balaban J connectivity index is 1.99. The van der Waals surface area contributed by atoms with Crippen LogP contribution in [0.4, 0.5) is 5.69 Å². The maximum atomic E-state index is 12.4. The van der Waals surface area contributed by atoms with E-state index in [1.54, 1.807) is 49.4 Å². The summed E-state index contributed by atoms with van der Waals surface area (Å²) in [5.41, 5.74) is 1.94. The Bertz CT molecular complexity index is 774. The van der Waals surface area contributed by atoms with E-state index in [0.717, 1.165) is 12.0 Å². The SMILES string of the molecule is CCCOC(=O)C(C)Oc1ccc(C(=O)Nc2cccc(Cl)c2C)cc1. The lowest BCUT2D eigenvalue weighted by Gasteiger charge is -2.14. The summed E-state index contributed by atoms with van der Waals surface area (Å²) in [6.45, 7) is 5.76. The van der Waals surface area contributed by atoms with Crippen LogP contribution in [0.15, 0.2) is 42.5 Å². The highest BCUT2D eigenvalue weighted by Gasteiger charge is 2.16. The number of hydrogen-bond donors (Lipinski definition) is 1. The van der Waals surface area contributed by atoms with Crippen molar-refractivity contribution < 1.29 is 19.1 Å². The van der Waals surface area contributed by atoms with Gasteiger partial charge in [0.25, 0.3) is 5.91 Å². The Morgan fingerprint density at radius 2 is 1.85 bits per heavy atom. The maximum absolute atomic E-state index is 12.4. The van der Waals surface area contributed by atoms with Gasteiger partial charge >= 0.3 is 5.97 Å². The molecule has 0 spiro atoms. The molecule has 0 aliphatic carbocycles. The first kappa shape index (κ1) is 19.8. The van der Waals surface area contributed by atoms with Crippen LogP contribution in [-0.4, -0.2) is 24.6 Å². The Morgan fingerprint density at radius 1 is 1.15 bits per heavy atom. The Labute approximate surface area is 158 Å². The van der Waals surface area contributed by atoms with Crippen LogP contribution in [0.3, 0.4) is 0 Å². The molecule has 0 fully saturated rings. The molecule has 5 nitrogen and oxygen atoms in total. The number of rotatable bonds is 7. The van der Waals surface area contributed by atoms with E-state index in [9.17, 15) is 9.59 Å². The summed E-state index contributed by atoms with van der Waals surface area (Å²) in [4.78, 5) is 24.1. The van der Waals surface area contributed by atoms with Gasteiger partial charge in [-0.05, 0) is 62.2 Å². The third kappa shape index (κ3) is 5.23. The summed E-state index contributed by atoms with van der Waals surface area (Å²) < 4.78 is 10.6. The largest absolute Gasteiger partial charge is 0.479 e. The molecule has 1 amide bonds. The second kappa shape index (κ2) is 9.25. The number of carbonyl (C=O) groups is 2. The van der Waals surface area contributed by atoms with E-state index < -0.39 is 12.1 Å². The molecule has 0 radical (unpaired) electrons. The van der Waals surface area contributed by atoms with Gasteiger partial charge in [0.05, 0.1) is 6.61 Å². The van der Waals surface area contributed by atoms with Crippen LogP contribution in [0, 0.1) is 6.92 Å². The van der Waals surface area contributed by atoms with Crippen molar-refractivity contribution in [1.82, 2.24) is 0 Å². The lowest BCUT2D eigenvalue weighted by atomic mass is 10.1. The number of benzene rings is 2. The number of ether oxygens (including phenoxy) is 2. The van der Waals surface area contributed by atoms with Crippen LogP contribution in [0.25, 0.3) is 0 Å². The molecule has 1 atom stereocenters. The van der Waals surface area contributed by atoms with E-state index in [1.165, 1.54) is 0 Å². The molecule has 0 aliphatic heterocycles. The predicted octanol–water partition coefficient (Wildman–Crippen LogP) is 4.62. The van der Waals surface area contributed by atoms with Crippen molar-refractivity contribution in [2.45, 2.75) is 33.3 Å². The van der Waals surface area contributed by atoms with Crippen LogP contribution in [-0.2, 0) is 9.53 Å². The summed E-state index contributed by atoms with van der Waals surface area (Å²) in [7, 11) is 0. The molecule has 6 heteroatoms. The fourth-order valence-electron chi connectivity index (χ4n) is 2.19. The Hall–Kier alpha value is -2.53. The van der Waals surface area contributed by atoms with Gasteiger partial charge in [0.2, 0.25) is 0 Å². The van der Waals surface area contributed by atoms with Crippen molar-refractivity contribution in [3.8, 4) is 5.75 Å². The van der Waals surface area contributed by atoms with Gasteiger partial charge in [-0.3, -0.25) is 4.79 Å². The van der Waals surface area contributed by atoms with E-state index in [2.05, 4.69) is 5.32 Å². The van der Waals surface area contributed by atoms with E-state index >= 15 is 0 Å². The monoisotopic (exact) mass is 375 g/mol. The highest BCUT2D eigenvalue weighted by molar-refractivity contribution is 6.31. The van der Waals surface area contributed by atoms with Crippen LogP contribution in [0.2, 0.25) is 5.02 Å². The van der Waals surface area contributed by atoms with E-state index in [-0.39, 0.29) is 5.91 Å². The molecule has 2 aromatic rings. The smallest absolute Gasteiger partial charge is 0.347 e. The molecule has 1 unspecified atom stereocenters. The summed E-state index contributed by atoms with van der Waals surface area (Å²) in [5, 5.41) is 3.42. The van der Waals surface area contributed by atoms with Gasteiger partial charge in [-0.25, -0.2) is 4.79 Å². The van der Waals surface area contributed by atoms with Gasteiger partial charge in [0, 0.05) is 16.3 Å². The number of nitrogens with one attached hydrogen (secondary N) is 1. The van der Waals surface area contributed by atoms with Crippen LogP contribution in [0.1, 0.15) is 36.2 Å². The minimum Gasteiger partial charge on any atom is -0.479 e. The highest BCUT2D eigenvalue weighted by atomic mass is 35.5. The number of amides is 1. The molecule has 0 saturated carbocycles. The van der Waals surface area contributed by atoms with Crippen LogP contribution < -0.4 is 10.1 Å². The third-order valence-electron chi connectivity index (χ3n) is 3.73. The molecule has 2 aromatic carbocycles. The first-order chi connectivity index (χ1) is 12.4. The standard InChI is InChI=1S/C20H22ClNO4/c1-4-12-25-20(24)14(3)26-16-10-8-15(9-11-16)19(23)22-18-7-5-6-17(21)13(18)2/h5-11,14H,4,12H2,1-3H3,(H,22,23). The van der Waals surface area contributed by atoms with Crippen molar-refractivity contribution in [2.75, 3.05) is 11.9 Å². The fraction of sp³-hybridized carbons (Fsp3) is 0.300. The van der Waals surface area contributed by atoms with Crippen molar-refractivity contribution in [1.29, 1.82) is 0 Å². The van der Waals surface area contributed by atoms with Gasteiger partial charge in [-0.2, -0.15) is 0 Å². The molecular weight excluding hydrogens is 354 g/mol. The lowest BCUT2D eigenvalue weighted by molar-refractivity contribution is -0.151. The first-order valence-electron chi connectivity index (χ1n) is 8.42. The zero-order valence-electron chi connectivity index (χ0n) is 15.0. The van der Waals surface area contributed by atoms with E-state index in [4.69, 9.17) is 21.1 Å². The molecule has 0 saturated heterocycles. The number of esters is 1. The molecular formula is C20H22ClNO4. The molecule has 2 rings (SSSR count). The summed E-state index contributed by atoms with van der Waals surface area (Å²) in [5.74, 6) is -0.177.